The van der Waals surface area contributed by atoms with Crippen LogP contribution in [0.15, 0.2) is 0 Å². The first-order chi connectivity index (χ1) is 5.81. The van der Waals surface area contributed by atoms with Gasteiger partial charge in [0.15, 0.2) is 0 Å². The molecule has 70 valence electrons. The quantitative estimate of drug-likeness (QED) is 0.642. The van der Waals surface area contributed by atoms with E-state index < -0.39 is 0 Å². The van der Waals surface area contributed by atoms with E-state index in [2.05, 4.69) is 36.1 Å². The van der Waals surface area contributed by atoms with Crippen LogP contribution in [0.5, 0.6) is 0 Å². The molecule has 2 bridgehead atoms. The van der Waals surface area contributed by atoms with Crippen LogP contribution in [0.2, 0.25) is 0 Å². The predicted molar refractivity (Wildman–Crippen MR) is 54.6 cm³/mol. The van der Waals surface area contributed by atoms with Crippen LogP contribution in [0.1, 0.15) is 0 Å². The molecule has 0 radical (unpaired) electrons. The van der Waals surface area contributed by atoms with Crippen molar-refractivity contribution in [2.24, 2.45) is 11.8 Å². The lowest BCUT2D eigenvalue weighted by Gasteiger charge is -2.45. The Bertz CT molecular complexity index is 149. The molecule has 2 rings (SSSR count). The molecule has 0 aromatic rings. The molecule has 2 aliphatic heterocycles. The SMILES string of the molecule is CNC1C2CSCC1CN(C)C2. The number of rotatable bonds is 1. The molecule has 0 aromatic carbocycles. The first kappa shape index (κ1) is 8.85. The summed E-state index contributed by atoms with van der Waals surface area (Å²) in [6.07, 6.45) is 0. The van der Waals surface area contributed by atoms with Gasteiger partial charge >= 0.3 is 0 Å². The molecule has 2 aliphatic rings. The first-order valence-electron chi connectivity index (χ1n) is 4.75. The maximum absolute atomic E-state index is 3.49. The topological polar surface area (TPSA) is 15.3 Å². The third-order valence-electron chi connectivity index (χ3n) is 3.11. The van der Waals surface area contributed by atoms with Crippen LogP contribution in [-0.4, -0.2) is 49.6 Å². The summed E-state index contributed by atoms with van der Waals surface area (Å²) in [5, 5.41) is 3.49. The number of hydrogen-bond acceptors (Lipinski definition) is 3. The minimum absolute atomic E-state index is 0.794. The second-order valence-corrected chi connectivity index (χ2v) is 5.17. The Morgan fingerprint density at radius 2 is 1.83 bits per heavy atom. The van der Waals surface area contributed by atoms with Crippen molar-refractivity contribution in [2.75, 3.05) is 38.7 Å². The summed E-state index contributed by atoms with van der Waals surface area (Å²) < 4.78 is 0. The zero-order chi connectivity index (χ0) is 8.55. The molecule has 2 saturated heterocycles. The maximum atomic E-state index is 3.49. The molecule has 12 heavy (non-hydrogen) atoms. The smallest absolute Gasteiger partial charge is 0.0161 e. The van der Waals surface area contributed by atoms with Crippen LogP contribution in [0.4, 0.5) is 0 Å². The highest BCUT2D eigenvalue weighted by molar-refractivity contribution is 7.99. The monoisotopic (exact) mass is 186 g/mol. The average molecular weight is 186 g/mol. The lowest BCUT2D eigenvalue weighted by Crippen LogP contribution is -2.56. The summed E-state index contributed by atoms with van der Waals surface area (Å²) in [5.41, 5.74) is 0. The standard InChI is InChI=1S/C9H18N2S/c1-10-9-7-3-11(2)4-8(9)6-12-5-7/h7-10H,3-6H2,1-2H3. The van der Waals surface area contributed by atoms with Gasteiger partial charge in [-0.3, -0.25) is 0 Å². The number of likely N-dealkylation sites (tertiary alicyclic amines) is 1. The fourth-order valence-electron chi connectivity index (χ4n) is 2.64. The van der Waals surface area contributed by atoms with Gasteiger partial charge in [0, 0.05) is 19.1 Å². The molecule has 2 heterocycles. The van der Waals surface area contributed by atoms with E-state index in [1.807, 2.05) is 0 Å². The number of nitrogens with one attached hydrogen (secondary N) is 1. The minimum atomic E-state index is 0.794. The van der Waals surface area contributed by atoms with Gasteiger partial charge in [-0.05, 0) is 37.4 Å². The summed E-state index contributed by atoms with van der Waals surface area (Å²) in [6.45, 7) is 2.57. The van der Waals surface area contributed by atoms with Crippen molar-refractivity contribution in [2.45, 2.75) is 6.04 Å². The van der Waals surface area contributed by atoms with Crippen LogP contribution >= 0.6 is 11.8 Å². The van der Waals surface area contributed by atoms with Crippen molar-refractivity contribution < 1.29 is 0 Å². The van der Waals surface area contributed by atoms with Crippen molar-refractivity contribution in [3.63, 3.8) is 0 Å². The number of fused-ring (bicyclic) bond motifs is 2. The largest absolute Gasteiger partial charge is 0.316 e. The second kappa shape index (κ2) is 3.56. The van der Waals surface area contributed by atoms with Crippen molar-refractivity contribution in [3.8, 4) is 0 Å². The van der Waals surface area contributed by atoms with Gasteiger partial charge in [0.2, 0.25) is 0 Å². The molecule has 1 N–H and O–H groups in total. The zero-order valence-corrected chi connectivity index (χ0v) is 8.73. The van der Waals surface area contributed by atoms with Gasteiger partial charge in [0.1, 0.15) is 0 Å². The van der Waals surface area contributed by atoms with E-state index in [0.29, 0.717) is 0 Å². The first-order valence-corrected chi connectivity index (χ1v) is 5.90. The highest BCUT2D eigenvalue weighted by Crippen LogP contribution is 2.32. The Kier molecular flexibility index (Phi) is 2.63. The van der Waals surface area contributed by atoms with Gasteiger partial charge in [0.25, 0.3) is 0 Å². The van der Waals surface area contributed by atoms with Gasteiger partial charge in [-0.15, -0.1) is 0 Å². The molecular weight excluding hydrogens is 168 g/mol. The Morgan fingerprint density at radius 1 is 1.25 bits per heavy atom. The van der Waals surface area contributed by atoms with E-state index in [9.17, 15) is 0 Å². The van der Waals surface area contributed by atoms with Crippen molar-refractivity contribution in [3.05, 3.63) is 0 Å². The van der Waals surface area contributed by atoms with Crippen molar-refractivity contribution in [1.29, 1.82) is 0 Å². The lowest BCUT2D eigenvalue weighted by atomic mass is 9.85. The predicted octanol–water partition coefficient (Wildman–Crippen LogP) is 0.499. The van der Waals surface area contributed by atoms with Gasteiger partial charge in [0.05, 0.1) is 0 Å². The molecular formula is C9H18N2S. The molecule has 3 heteroatoms. The van der Waals surface area contributed by atoms with Crippen LogP contribution in [-0.2, 0) is 0 Å². The molecule has 0 saturated carbocycles. The fraction of sp³-hybridized carbons (Fsp3) is 1.00. The third kappa shape index (κ3) is 1.50. The third-order valence-corrected chi connectivity index (χ3v) is 4.43. The number of piperidine rings is 1. The highest BCUT2D eigenvalue weighted by Gasteiger charge is 2.37. The maximum Gasteiger partial charge on any atom is 0.0161 e. The van der Waals surface area contributed by atoms with Crippen molar-refractivity contribution in [1.82, 2.24) is 10.2 Å². The molecule has 0 aromatic heterocycles. The van der Waals surface area contributed by atoms with Crippen LogP contribution in [0, 0.1) is 11.8 Å². The van der Waals surface area contributed by atoms with Crippen LogP contribution in [0.3, 0.4) is 0 Å². The van der Waals surface area contributed by atoms with E-state index in [-0.39, 0.29) is 0 Å². The average Bonchev–Trinajstić information content (AvgIpc) is 2.02. The Hall–Kier alpha value is 0.270. The number of nitrogens with zero attached hydrogens (tertiary/aromatic N) is 1. The van der Waals surface area contributed by atoms with E-state index in [1.54, 1.807) is 0 Å². The minimum Gasteiger partial charge on any atom is -0.316 e. The van der Waals surface area contributed by atoms with E-state index in [0.717, 1.165) is 17.9 Å². The Morgan fingerprint density at radius 3 is 2.33 bits per heavy atom. The molecule has 2 unspecified atom stereocenters. The second-order valence-electron chi connectivity index (χ2n) is 4.09. The molecule has 0 spiro atoms. The summed E-state index contributed by atoms with van der Waals surface area (Å²) >= 11 is 2.14. The van der Waals surface area contributed by atoms with Gasteiger partial charge in [-0.1, -0.05) is 0 Å². The number of hydrogen-bond donors (Lipinski definition) is 1. The van der Waals surface area contributed by atoms with Crippen molar-refractivity contribution >= 4 is 11.8 Å². The van der Waals surface area contributed by atoms with E-state index in [1.165, 1.54) is 24.6 Å². The van der Waals surface area contributed by atoms with E-state index in [4.69, 9.17) is 0 Å². The van der Waals surface area contributed by atoms with Gasteiger partial charge < -0.3 is 10.2 Å². The molecule has 2 nitrogen and oxygen atoms in total. The zero-order valence-electron chi connectivity index (χ0n) is 7.92. The van der Waals surface area contributed by atoms with Gasteiger partial charge in [-0.25, -0.2) is 0 Å². The number of thioether (sulfide) groups is 1. The van der Waals surface area contributed by atoms with Gasteiger partial charge in [-0.2, -0.15) is 11.8 Å². The molecule has 0 aliphatic carbocycles. The molecule has 0 amide bonds. The fourth-order valence-corrected chi connectivity index (χ4v) is 4.01. The summed E-state index contributed by atoms with van der Waals surface area (Å²) in [6, 6.07) is 0.794. The molecule has 2 atom stereocenters. The van der Waals surface area contributed by atoms with Crippen LogP contribution in [0.25, 0.3) is 0 Å². The summed E-state index contributed by atoms with van der Waals surface area (Å²) in [7, 11) is 4.37. The van der Waals surface area contributed by atoms with E-state index >= 15 is 0 Å². The van der Waals surface area contributed by atoms with Crippen LogP contribution < -0.4 is 5.32 Å². The Balaban J connectivity index is 2.06. The summed E-state index contributed by atoms with van der Waals surface area (Å²) in [4.78, 5) is 2.49. The lowest BCUT2D eigenvalue weighted by molar-refractivity contribution is 0.127. The highest BCUT2D eigenvalue weighted by atomic mass is 32.2. The Labute approximate surface area is 79.1 Å². The summed E-state index contributed by atoms with van der Waals surface area (Å²) in [5.74, 6) is 4.48. The normalized spacial score (nSPS) is 43.0. The molecule has 2 fully saturated rings.